The van der Waals surface area contributed by atoms with Gasteiger partial charge in [-0.1, -0.05) is 11.8 Å². The van der Waals surface area contributed by atoms with Crippen molar-refractivity contribution >= 4 is 15.9 Å². The van der Waals surface area contributed by atoms with Crippen LogP contribution in [0.15, 0.2) is 18.2 Å². The number of aliphatic hydroxyl groups is 1. The summed E-state index contributed by atoms with van der Waals surface area (Å²) in [5, 5.41) is 8.53. The summed E-state index contributed by atoms with van der Waals surface area (Å²) in [5.74, 6) is 4.13. The molecule has 8 heteroatoms. The molecule has 0 aliphatic heterocycles. The number of halogens is 1. The zero-order valence-corrected chi connectivity index (χ0v) is 11.6. The minimum atomic E-state index is -3.86. The van der Waals surface area contributed by atoms with E-state index in [2.05, 4.69) is 21.3 Å². The van der Waals surface area contributed by atoms with Crippen molar-refractivity contribution in [2.45, 2.75) is 0 Å². The number of hydrogen-bond acceptors (Lipinski definition) is 4. The number of hydrogen-bond donors (Lipinski definition) is 3. The lowest BCUT2D eigenvalue weighted by Crippen LogP contribution is -2.32. The Bertz CT molecular complexity index is 608. The van der Waals surface area contributed by atoms with Crippen LogP contribution >= 0.6 is 0 Å². The van der Waals surface area contributed by atoms with Crippen molar-refractivity contribution in [2.75, 3.05) is 31.6 Å². The molecule has 0 bridgehead atoms. The molecule has 0 aliphatic carbocycles. The predicted molar refractivity (Wildman–Crippen MR) is 72.8 cm³/mol. The van der Waals surface area contributed by atoms with E-state index in [1.54, 1.807) is 0 Å². The summed E-state index contributed by atoms with van der Waals surface area (Å²) in [4.78, 5) is 0. The van der Waals surface area contributed by atoms with Crippen LogP contribution in [0, 0.1) is 17.7 Å². The van der Waals surface area contributed by atoms with Crippen LogP contribution in [0.5, 0.6) is 0 Å². The van der Waals surface area contributed by atoms with E-state index in [-0.39, 0.29) is 25.4 Å². The molecule has 0 amide bonds. The van der Waals surface area contributed by atoms with Crippen LogP contribution < -0.4 is 9.44 Å². The van der Waals surface area contributed by atoms with Crippen LogP contribution in [0.2, 0.25) is 0 Å². The highest BCUT2D eigenvalue weighted by molar-refractivity contribution is 7.90. The lowest BCUT2D eigenvalue weighted by Gasteiger charge is -2.09. The molecule has 0 saturated heterocycles. The van der Waals surface area contributed by atoms with Gasteiger partial charge in [0.1, 0.15) is 12.4 Å². The molecule has 0 heterocycles. The molecule has 0 aromatic heterocycles. The van der Waals surface area contributed by atoms with E-state index >= 15 is 0 Å². The number of anilines is 1. The maximum Gasteiger partial charge on any atom is 0.299 e. The molecule has 1 aromatic carbocycles. The van der Waals surface area contributed by atoms with Gasteiger partial charge in [0.2, 0.25) is 0 Å². The third kappa shape index (κ3) is 5.54. The van der Waals surface area contributed by atoms with E-state index in [4.69, 9.17) is 9.84 Å². The summed E-state index contributed by atoms with van der Waals surface area (Å²) in [6.07, 6.45) is 0. The number of benzene rings is 1. The molecule has 0 aliphatic rings. The highest BCUT2D eigenvalue weighted by Crippen LogP contribution is 2.16. The van der Waals surface area contributed by atoms with Gasteiger partial charge in [-0.2, -0.15) is 13.1 Å². The summed E-state index contributed by atoms with van der Waals surface area (Å²) < 4.78 is 45.8. The van der Waals surface area contributed by atoms with Gasteiger partial charge in [0.05, 0.1) is 12.3 Å². The van der Waals surface area contributed by atoms with Gasteiger partial charge in [-0.05, 0) is 18.2 Å². The van der Waals surface area contributed by atoms with Crippen molar-refractivity contribution in [3.05, 3.63) is 29.6 Å². The summed E-state index contributed by atoms with van der Waals surface area (Å²) in [6.45, 7) is -0.0496. The number of ether oxygens (including phenoxy) is 1. The molecule has 0 radical (unpaired) electrons. The van der Waals surface area contributed by atoms with E-state index in [0.29, 0.717) is 5.56 Å². The topological polar surface area (TPSA) is 87.7 Å². The van der Waals surface area contributed by atoms with Crippen molar-refractivity contribution in [1.29, 1.82) is 0 Å². The molecule has 6 nitrogen and oxygen atoms in total. The molecule has 0 unspecified atom stereocenters. The Kier molecular flexibility index (Phi) is 6.41. The van der Waals surface area contributed by atoms with Crippen LogP contribution in [-0.2, 0) is 14.9 Å². The highest BCUT2D eigenvalue weighted by atomic mass is 32.2. The Morgan fingerprint density at radius 2 is 2.20 bits per heavy atom. The number of nitrogens with one attached hydrogen (secondary N) is 2. The smallest absolute Gasteiger partial charge is 0.299 e. The third-order valence-corrected chi connectivity index (χ3v) is 3.20. The van der Waals surface area contributed by atoms with Crippen molar-refractivity contribution in [2.24, 2.45) is 0 Å². The molecular weight excluding hydrogens is 287 g/mol. The van der Waals surface area contributed by atoms with E-state index in [1.165, 1.54) is 19.2 Å². The zero-order chi connectivity index (χ0) is 15.0. The Labute approximate surface area is 117 Å². The maximum atomic E-state index is 13.7. The lowest BCUT2D eigenvalue weighted by molar-refractivity contribution is 0.204. The van der Waals surface area contributed by atoms with Crippen LogP contribution in [0.4, 0.5) is 10.1 Å². The maximum absolute atomic E-state index is 13.7. The normalized spacial score (nSPS) is 10.8. The Morgan fingerprint density at radius 1 is 1.45 bits per heavy atom. The predicted octanol–water partition coefficient (Wildman–Crippen LogP) is 0.0622. The second kappa shape index (κ2) is 7.81. The first-order valence-corrected chi connectivity index (χ1v) is 7.12. The van der Waals surface area contributed by atoms with Crippen molar-refractivity contribution in [1.82, 2.24) is 4.72 Å². The molecule has 110 valence electrons. The first kappa shape index (κ1) is 16.4. The van der Waals surface area contributed by atoms with Crippen LogP contribution in [0.25, 0.3) is 0 Å². The van der Waals surface area contributed by atoms with Crippen LogP contribution in [0.3, 0.4) is 0 Å². The van der Waals surface area contributed by atoms with E-state index in [1.807, 2.05) is 0 Å². The SMILES string of the molecule is COCCNS(=O)(=O)Nc1ccc(C#CCO)cc1F. The number of rotatable bonds is 6. The summed E-state index contributed by atoms with van der Waals surface area (Å²) in [6, 6.07) is 3.78. The fourth-order valence-electron chi connectivity index (χ4n) is 1.28. The number of methoxy groups -OCH3 is 1. The standard InChI is InChI=1S/C12H15FN2O4S/c1-19-8-6-14-20(17,18)15-12-5-4-10(3-2-7-16)9-11(12)13/h4-5,9,14-16H,6-8H2,1H3. The first-order chi connectivity index (χ1) is 9.48. The quantitative estimate of drug-likeness (QED) is 0.512. The molecule has 1 rings (SSSR count). The van der Waals surface area contributed by atoms with Gasteiger partial charge in [0, 0.05) is 19.2 Å². The van der Waals surface area contributed by atoms with Crippen LogP contribution in [0.1, 0.15) is 5.56 Å². The molecule has 20 heavy (non-hydrogen) atoms. The summed E-state index contributed by atoms with van der Waals surface area (Å²) in [5.41, 5.74) is 0.149. The molecule has 0 saturated carbocycles. The van der Waals surface area contributed by atoms with Gasteiger partial charge >= 0.3 is 0 Å². The zero-order valence-electron chi connectivity index (χ0n) is 10.8. The number of aliphatic hydroxyl groups excluding tert-OH is 1. The average Bonchev–Trinajstić information content (AvgIpc) is 2.39. The fraction of sp³-hybridized carbons (Fsp3) is 0.333. The van der Waals surface area contributed by atoms with E-state index in [0.717, 1.165) is 6.07 Å². The first-order valence-electron chi connectivity index (χ1n) is 5.64. The minimum Gasteiger partial charge on any atom is -0.384 e. The monoisotopic (exact) mass is 302 g/mol. The van der Waals surface area contributed by atoms with E-state index in [9.17, 15) is 12.8 Å². The van der Waals surface area contributed by atoms with Gasteiger partial charge in [-0.25, -0.2) is 4.39 Å². The second-order valence-electron chi connectivity index (χ2n) is 3.65. The average molecular weight is 302 g/mol. The van der Waals surface area contributed by atoms with Gasteiger partial charge in [0.15, 0.2) is 0 Å². The van der Waals surface area contributed by atoms with Gasteiger partial charge < -0.3 is 9.84 Å². The molecule has 0 spiro atoms. The fourth-order valence-corrected chi connectivity index (χ4v) is 2.16. The highest BCUT2D eigenvalue weighted by Gasteiger charge is 2.12. The summed E-state index contributed by atoms with van der Waals surface area (Å²) >= 11 is 0. The molecule has 1 aromatic rings. The van der Waals surface area contributed by atoms with Crippen LogP contribution in [-0.4, -0.2) is 40.4 Å². The van der Waals surface area contributed by atoms with Gasteiger partial charge in [-0.15, -0.1) is 0 Å². The minimum absolute atomic E-state index is 0.0769. The lowest BCUT2D eigenvalue weighted by atomic mass is 10.2. The van der Waals surface area contributed by atoms with Crippen molar-refractivity contribution in [3.8, 4) is 11.8 Å². The molecular formula is C12H15FN2O4S. The molecule has 0 fully saturated rings. The van der Waals surface area contributed by atoms with Crippen molar-refractivity contribution in [3.63, 3.8) is 0 Å². The largest absolute Gasteiger partial charge is 0.384 e. The summed E-state index contributed by atoms with van der Waals surface area (Å²) in [7, 11) is -2.42. The Morgan fingerprint density at radius 3 is 2.80 bits per heavy atom. The van der Waals surface area contributed by atoms with Crippen molar-refractivity contribution < 1.29 is 22.7 Å². The third-order valence-electron chi connectivity index (χ3n) is 2.12. The van der Waals surface area contributed by atoms with Gasteiger partial charge in [0.25, 0.3) is 10.2 Å². The Balaban J connectivity index is 2.78. The van der Waals surface area contributed by atoms with E-state index < -0.39 is 16.0 Å². The van der Waals surface area contributed by atoms with Gasteiger partial charge in [-0.3, -0.25) is 4.72 Å². The Hall–Kier alpha value is -1.66. The second-order valence-corrected chi connectivity index (χ2v) is 5.15. The molecule has 0 atom stereocenters. The molecule has 3 N–H and O–H groups in total.